The van der Waals surface area contributed by atoms with Crippen molar-refractivity contribution in [2.45, 2.75) is 51.1 Å². The standard InChI is InChI=1S/C37H39FN6O3/c1-23-8-4-9-25-10-5-12-28(32(23)25)30-20-31-33(34-29(30)13-7-19-46-34)35(41-37(40-31)47-22-27-11-6-16-42(27)3)43-17-18-44(36(45)24(2)38)26(21-43)14-15-39/h4-5,8-10,12,20,26-27H,2,6-7,11,13-14,16-19,21-22H2,1,3H3/t26-,27-/m0/s1. The number of halogens is 1. The molecule has 47 heavy (non-hydrogen) atoms. The SMILES string of the molecule is C=C(F)C(=O)N1CCN(c2nc(OC[C@@H]3CCCN3C)nc3cc(-c4cccc5cccc(C)c45)c4c(c23)OCCC4)C[C@@H]1CC#N. The molecule has 3 aliphatic heterocycles. The summed E-state index contributed by atoms with van der Waals surface area (Å²) in [4.78, 5) is 28.4. The van der Waals surface area contributed by atoms with Crippen molar-refractivity contribution in [1.82, 2.24) is 19.8 Å². The van der Waals surface area contributed by atoms with E-state index in [9.17, 15) is 14.4 Å². The Kier molecular flexibility index (Phi) is 8.41. The summed E-state index contributed by atoms with van der Waals surface area (Å²) in [7, 11) is 2.11. The first-order valence-electron chi connectivity index (χ1n) is 16.4. The molecule has 0 unspecified atom stereocenters. The summed E-state index contributed by atoms with van der Waals surface area (Å²) in [6, 6.07) is 17.1. The Labute approximate surface area is 274 Å². The number of carbonyl (C=O) groups excluding carboxylic acids is 1. The van der Waals surface area contributed by atoms with Gasteiger partial charge in [0.1, 0.15) is 18.2 Å². The lowest BCUT2D eigenvalue weighted by Crippen LogP contribution is -2.55. The summed E-state index contributed by atoms with van der Waals surface area (Å²) in [5.41, 5.74) is 5.23. The summed E-state index contributed by atoms with van der Waals surface area (Å²) in [5, 5.41) is 12.8. The highest BCUT2D eigenvalue weighted by molar-refractivity contribution is 6.05. The largest absolute Gasteiger partial charge is 0.492 e. The number of carbonyl (C=O) groups is 1. The van der Waals surface area contributed by atoms with E-state index in [1.165, 1.54) is 21.2 Å². The van der Waals surface area contributed by atoms with Crippen molar-refractivity contribution in [3.05, 3.63) is 66.0 Å². The van der Waals surface area contributed by atoms with Crippen LogP contribution in [-0.2, 0) is 11.2 Å². The van der Waals surface area contributed by atoms with Gasteiger partial charge in [-0.1, -0.05) is 43.0 Å². The molecule has 3 aliphatic rings. The van der Waals surface area contributed by atoms with Crippen molar-refractivity contribution in [3.8, 4) is 29.0 Å². The van der Waals surface area contributed by atoms with Crippen molar-refractivity contribution in [2.24, 2.45) is 0 Å². The minimum absolute atomic E-state index is 0.0507. The van der Waals surface area contributed by atoms with Gasteiger partial charge < -0.3 is 24.2 Å². The number of rotatable bonds is 7. The number of fused-ring (bicyclic) bond motifs is 4. The van der Waals surface area contributed by atoms with Gasteiger partial charge in [-0.25, -0.2) is 4.39 Å². The molecule has 0 saturated carbocycles. The van der Waals surface area contributed by atoms with Crippen molar-refractivity contribution in [1.29, 1.82) is 5.26 Å². The van der Waals surface area contributed by atoms with Gasteiger partial charge in [0.25, 0.3) is 5.91 Å². The molecule has 3 aromatic carbocycles. The van der Waals surface area contributed by atoms with Crippen molar-refractivity contribution in [2.75, 3.05) is 51.3 Å². The lowest BCUT2D eigenvalue weighted by molar-refractivity contribution is -0.131. The zero-order valence-electron chi connectivity index (χ0n) is 27.0. The zero-order chi connectivity index (χ0) is 32.7. The second-order valence-electron chi connectivity index (χ2n) is 12.8. The van der Waals surface area contributed by atoms with Crippen LogP contribution in [0.4, 0.5) is 10.2 Å². The quantitative estimate of drug-likeness (QED) is 0.230. The number of anilines is 1. The van der Waals surface area contributed by atoms with Crippen LogP contribution >= 0.6 is 0 Å². The molecule has 10 heteroatoms. The third kappa shape index (κ3) is 5.74. The van der Waals surface area contributed by atoms with Crippen LogP contribution in [0.2, 0.25) is 0 Å². The molecule has 1 amide bonds. The maximum absolute atomic E-state index is 14.0. The number of likely N-dealkylation sites (N-methyl/N-ethyl adjacent to an activating group) is 1. The second-order valence-corrected chi connectivity index (χ2v) is 12.8. The molecule has 0 aliphatic carbocycles. The van der Waals surface area contributed by atoms with Crippen molar-refractivity contribution in [3.63, 3.8) is 0 Å². The van der Waals surface area contributed by atoms with Crippen molar-refractivity contribution >= 4 is 33.4 Å². The van der Waals surface area contributed by atoms with E-state index in [1.807, 2.05) is 0 Å². The highest BCUT2D eigenvalue weighted by atomic mass is 19.1. The fourth-order valence-electron chi connectivity index (χ4n) is 7.49. The molecule has 1 aromatic heterocycles. The van der Waals surface area contributed by atoms with Crippen LogP contribution in [0.25, 0.3) is 32.8 Å². The molecule has 242 valence electrons. The molecule has 0 radical (unpaired) electrons. The van der Waals surface area contributed by atoms with E-state index in [2.05, 4.69) is 78.9 Å². The lowest BCUT2D eigenvalue weighted by atomic mass is 9.88. The maximum Gasteiger partial charge on any atom is 0.319 e. The Morgan fingerprint density at radius 2 is 1.94 bits per heavy atom. The van der Waals surface area contributed by atoms with Gasteiger partial charge in [-0.15, -0.1) is 0 Å². The topological polar surface area (TPSA) is 94.8 Å². The predicted octanol–water partition coefficient (Wildman–Crippen LogP) is 5.97. The maximum atomic E-state index is 14.0. The third-order valence-corrected chi connectivity index (χ3v) is 9.90. The van der Waals surface area contributed by atoms with E-state index < -0.39 is 17.8 Å². The highest BCUT2D eigenvalue weighted by Gasteiger charge is 2.35. The summed E-state index contributed by atoms with van der Waals surface area (Å²) < 4.78 is 26.8. The van der Waals surface area contributed by atoms with Gasteiger partial charge in [0.15, 0.2) is 5.83 Å². The molecule has 4 aromatic rings. The fraction of sp³-hybridized carbons (Fsp3) is 0.405. The number of hydrogen-bond acceptors (Lipinski definition) is 8. The van der Waals surface area contributed by atoms with Crippen LogP contribution in [0, 0.1) is 18.3 Å². The smallest absolute Gasteiger partial charge is 0.319 e. The van der Waals surface area contributed by atoms with Gasteiger partial charge in [-0.2, -0.15) is 15.2 Å². The number of nitriles is 1. The number of nitrogens with zero attached hydrogens (tertiary/aromatic N) is 6. The summed E-state index contributed by atoms with van der Waals surface area (Å²) >= 11 is 0. The first-order valence-corrected chi connectivity index (χ1v) is 16.4. The molecule has 0 N–H and O–H groups in total. The van der Waals surface area contributed by atoms with E-state index in [-0.39, 0.29) is 25.0 Å². The van der Waals surface area contributed by atoms with Gasteiger partial charge in [-0.05, 0) is 79.7 Å². The van der Waals surface area contributed by atoms with Crippen LogP contribution in [0.5, 0.6) is 11.8 Å². The average Bonchev–Trinajstić information content (AvgIpc) is 3.50. The molecule has 0 spiro atoms. The van der Waals surface area contributed by atoms with E-state index in [1.54, 1.807) is 0 Å². The molecule has 4 heterocycles. The first-order chi connectivity index (χ1) is 22.8. The number of hydrogen-bond donors (Lipinski definition) is 0. The number of benzene rings is 3. The predicted molar refractivity (Wildman–Crippen MR) is 180 cm³/mol. The molecule has 7 rings (SSSR count). The molecule has 9 nitrogen and oxygen atoms in total. The molecular weight excluding hydrogens is 595 g/mol. The number of aromatic nitrogens is 2. The van der Waals surface area contributed by atoms with E-state index >= 15 is 0 Å². The first kappa shape index (κ1) is 30.9. The van der Waals surface area contributed by atoms with Crippen molar-refractivity contribution < 1.29 is 18.7 Å². The molecular formula is C37H39FN6O3. The molecule has 2 saturated heterocycles. The Bertz CT molecular complexity index is 1920. The monoisotopic (exact) mass is 634 g/mol. The van der Waals surface area contributed by atoms with Gasteiger partial charge in [0.05, 0.1) is 36.0 Å². The van der Waals surface area contributed by atoms with Crippen LogP contribution in [0.15, 0.2) is 54.9 Å². The Hall–Kier alpha value is -4.75. The normalized spacial score (nSPS) is 19.8. The van der Waals surface area contributed by atoms with E-state index in [0.29, 0.717) is 37.6 Å². The van der Waals surface area contributed by atoms with E-state index in [0.717, 1.165) is 60.1 Å². The average molecular weight is 635 g/mol. The summed E-state index contributed by atoms with van der Waals surface area (Å²) in [5.74, 6) is -0.408. The van der Waals surface area contributed by atoms with Gasteiger partial charge in [-0.3, -0.25) is 4.79 Å². The fourth-order valence-corrected chi connectivity index (χ4v) is 7.49. The minimum atomic E-state index is -1.03. The van der Waals surface area contributed by atoms with Crippen LogP contribution < -0.4 is 14.4 Å². The highest BCUT2D eigenvalue weighted by Crippen LogP contribution is 2.46. The Morgan fingerprint density at radius 1 is 1.11 bits per heavy atom. The number of likely N-dealkylation sites (tertiary alicyclic amines) is 1. The Balaban J connectivity index is 1.39. The minimum Gasteiger partial charge on any atom is -0.492 e. The summed E-state index contributed by atoms with van der Waals surface area (Å²) in [6.45, 7) is 8.32. The Morgan fingerprint density at radius 3 is 2.70 bits per heavy atom. The van der Waals surface area contributed by atoms with Crippen LogP contribution in [0.3, 0.4) is 0 Å². The van der Waals surface area contributed by atoms with Gasteiger partial charge >= 0.3 is 6.01 Å². The summed E-state index contributed by atoms with van der Waals surface area (Å²) in [6.07, 6.45) is 3.95. The number of ether oxygens (including phenoxy) is 2. The molecule has 2 fully saturated rings. The van der Waals surface area contributed by atoms with E-state index in [4.69, 9.17) is 19.4 Å². The third-order valence-electron chi connectivity index (χ3n) is 9.90. The molecule has 2 atom stereocenters. The van der Waals surface area contributed by atoms with Gasteiger partial charge in [0.2, 0.25) is 0 Å². The van der Waals surface area contributed by atoms with Crippen LogP contribution in [0.1, 0.15) is 36.8 Å². The number of amides is 1. The van der Waals surface area contributed by atoms with Crippen LogP contribution in [-0.4, -0.2) is 84.2 Å². The second kappa shape index (κ2) is 12.8. The molecule has 0 bridgehead atoms. The number of piperazine rings is 1. The zero-order valence-corrected chi connectivity index (χ0v) is 27.0. The lowest BCUT2D eigenvalue weighted by Gasteiger charge is -2.41. The number of aryl methyl sites for hydroxylation is 1. The van der Waals surface area contributed by atoms with Gasteiger partial charge in [0, 0.05) is 31.2 Å².